The van der Waals surface area contributed by atoms with Crippen molar-refractivity contribution in [2.75, 3.05) is 40.5 Å². The summed E-state index contributed by atoms with van der Waals surface area (Å²) in [6.07, 6.45) is -2.42. The zero-order chi connectivity index (χ0) is 17.1. The number of ether oxygens (including phenoxy) is 2. The molecule has 0 amide bonds. The third kappa shape index (κ3) is 8.52. The van der Waals surface area contributed by atoms with Gasteiger partial charge in [0.15, 0.2) is 5.96 Å². The normalized spacial score (nSPS) is 11.6. The fourth-order valence-electron chi connectivity index (χ4n) is 1.68. The molecule has 0 saturated heterocycles. The molecule has 1 aromatic rings. The molecule has 0 radical (unpaired) electrons. The Morgan fingerprint density at radius 1 is 1.25 bits per heavy atom. The highest BCUT2D eigenvalue weighted by Gasteiger charge is 2.34. The number of rotatable bonds is 8. The van der Waals surface area contributed by atoms with E-state index >= 15 is 0 Å². The van der Waals surface area contributed by atoms with Gasteiger partial charge in [-0.2, -0.15) is 13.2 Å². The Kier molecular flexibility index (Phi) is 11.5. The van der Waals surface area contributed by atoms with Crippen LogP contribution in [0.1, 0.15) is 12.0 Å². The molecule has 0 spiro atoms. The molecule has 6 nitrogen and oxygen atoms in total. The van der Waals surface area contributed by atoms with Crippen LogP contribution in [-0.4, -0.2) is 51.4 Å². The smallest absolute Gasteiger partial charge is 0.421 e. The van der Waals surface area contributed by atoms with Crippen molar-refractivity contribution in [1.82, 2.24) is 15.6 Å². The zero-order valence-electron chi connectivity index (χ0n) is 13.5. The highest BCUT2D eigenvalue weighted by Crippen LogP contribution is 2.34. The second kappa shape index (κ2) is 12.1. The Bertz CT molecular complexity index is 501. The average Bonchev–Trinajstić information content (AvgIpc) is 2.53. The minimum Gasteiger partial charge on any atom is -0.475 e. The number of nitrogens with one attached hydrogen (secondary N) is 2. The van der Waals surface area contributed by atoms with Crippen LogP contribution in [0.4, 0.5) is 13.2 Å². The maximum atomic E-state index is 12.8. The lowest BCUT2D eigenvalue weighted by atomic mass is 10.2. The van der Waals surface area contributed by atoms with Crippen molar-refractivity contribution in [3.05, 3.63) is 23.9 Å². The molecular weight excluding hydrogens is 440 g/mol. The minimum absolute atomic E-state index is 0. The van der Waals surface area contributed by atoms with Crippen LogP contribution in [-0.2, 0) is 10.9 Å². The topological polar surface area (TPSA) is 67.8 Å². The maximum absolute atomic E-state index is 12.8. The van der Waals surface area contributed by atoms with Gasteiger partial charge >= 0.3 is 6.18 Å². The monoisotopic (exact) mass is 462 g/mol. The highest BCUT2D eigenvalue weighted by molar-refractivity contribution is 14.0. The van der Waals surface area contributed by atoms with Crippen LogP contribution >= 0.6 is 24.0 Å². The summed E-state index contributed by atoms with van der Waals surface area (Å²) in [5.41, 5.74) is -0.887. The zero-order valence-corrected chi connectivity index (χ0v) is 15.9. The first-order valence-corrected chi connectivity index (χ1v) is 7.07. The number of methoxy groups -OCH3 is 1. The third-order valence-corrected chi connectivity index (χ3v) is 2.75. The molecule has 0 aliphatic carbocycles. The van der Waals surface area contributed by atoms with Gasteiger partial charge in [-0.25, -0.2) is 4.98 Å². The number of nitrogens with zero attached hydrogens (tertiary/aromatic N) is 2. The van der Waals surface area contributed by atoms with Gasteiger partial charge in [0.05, 0.1) is 6.54 Å². The number of aromatic nitrogens is 1. The molecule has 138 valence electrons. The predicted octanol–water partition coefficient (Wildman–Crippen LogP) is 2.30. The average molecular weight is 462 g/mol. The SMILES string of the molecule is CN=C(NCCCOC)NCCOc1ncccc1C(F)(F)F.I. The van der Waals surface area contributed by atoms with Crippen molar-refractivity contribution in [3.8, 4) is 5.88 Å². The van der Waals surface area contributed by atoms with Crippen LogP contribution in [0.25, 0.3) is 0 Å². The molecule has 0 aliphatic heterocycles. The summed E-state index contributed by atoms with van der Waals surface area (Å²) < 4.78 is 48.3. The number of hydrogen-bond donors (Lipinski definition) is 2. The summed E-state index contributed by atoms with van der Waals surface area (Å²) in [5.74, 6) is 0.117. The Balaban J connectivity index is 0.00000529. The second-order valence-corrected chi connectivity index (χ2v) is 4.47. The first-order chi connectivity index (χ1) is 11.0. The van der Waals surface area contributed by atoms with Crippen molar-refractivity contribution in [3.63, 3.8) is 0 Å². The summed E-state index contributed by atoms with van der Waals surface area (Å²) in [4.78, 5) is 7.61. The van der Waals surface area contributed by atoms with Gasteiger partial charge in [0.2, 0.25) is 5.88 Å². The van der Waals surface area contributed by atoms with Gasteiger partial charge < -0.3 is 20.1 Å². The number of pyridine rings is 1. The number of halogens is 4. The van der Waals surface area contributed by atoms with Crippen LogP contribution in [0, 0.1) is 0 Å². The van der Waals surface area contributed by atoms with Gasteiger partial charge in [0.1, 0.15) is 12.2 Å². The van der Waals surface area contributed by atoms with Crippen LogP contribution in [0.3, 0.4) is 0 Å². The maximum Gasteiger partial charge on any atom is 0.421 e. The summed E-state index contributed by atoms with van der Waals surface area (Å²) in [7, 11) is 3.23. The first-order valence-electron chi connectivity index (χ1n) is 7.07. The third-order valence-electron chi connectivity index (χ3n) is 2.75. The second-order valence-electron chi connectivity index (χ2n) is 4.47. The van der Waals surface area contributed by atoms with E-state index in [1.54, 1.807) is 14.2 Å². The summed E-state index contributed by atoms with van der Waals surface area (Å²) >= 11 is 0. The van der Waals surface area contributed by atoms with E-state index in [4.69, 9.17) is 9.47 Å². The molecule has 0 aliphatic rings. The molecule has 1 heterocycles. The van der Waals surface area contributed by atoms with Crippen molar-refractivity contribution >= 4 is 29.9 Å². The Hall–Kier alpha value is -1.30. The van der Waals surface area contributed by atoms with E-state index in [1.807, 2.05) is 0 Å². The lowest BCUT2D eigenvalue weighted by molar-refractivity contribution is -0.139. The van der Waals surface area contributed by atoms with E-state index in [9.17, 15) is 13.2 Å². The molecule has 0 saturated carbocycles. The largest absolute Gasteiger partial charge is 0.475 e. The van der Waals surface area contributed by atoms with Crippen molar-refractivity contribution in [1.29, 1.82) is 0 Å². The first kappa shape index (κ1) is 22.7. The van der Waals surface area contributed by atoms with Gasteiger partial charge in [-0.1, -0.05) is 0 Å². The fourth-order valence-corrected chi connectivity index (χ4v) is 1.68. The van der Waals surface area contributed by atoms with Gasteiger partial charge in [0, 0.05) is 33.5 Å². The van der Waals surface area contributed by atoms with Crippen LogP contribution in [0.2, 0.25) is 0 Å². The molecule has 10 heteroatoms. The molecule has 0 aromatic carbocycles. The van der Waals surface area contributed by atoms with Gasteiger partial charge in [0.25, 0.3) is 0 Å². The van der Waals surface area contributed by atoms with E-state index in [0.717, 1.165) is 12.5 Å². The number of aliphatic imine (C=N–C) groups is 1. The summed E-state index contributed by atoms with van der Waals surface area (Å²) in [5, 5.41) is 5.99. The van der Waals surface area contributed by atoms with E-state index < -0.39 is 17.6 Å². The molecule has 1 aromatic heterocycles. The van der Waals surface area contributed by atoms with Crippen LogP contribution < -0.4 is 15.4 Å². The van der Waals surface area contributed by atoms with Crippen molar-refractivity contribution in [2.24, 2.45) is 4.99 Å². The van der Waals surface area contributed by atoms with E-state index in [0.29, 0.717) is 19.1 Å². The minimum atomic E-state index is -4.49. The van der Waals surface area contributed by atoms with Crippen LogP contribution in [0.15, 0.2) is 23.3 Å². The quantitative estimate of drug-likeness (QED) is 0.269. The number of guanidine groups is 1. The summed E-state index contributed by atoms with van der Waals surface area (Å²) in [6.45, 7) is 1.62. The van der Waals surface area contributed by atoms with Gasteiger partial charge in [-0.3, -0.25) is 4.99 Å². The highest BCUT2D eigenvalue weighted by atomic mass is 127. The van der Waals surface area contributed by atoms with Gasteiger partial charge in [-0.05, 0) is 18.6 Å². The Morgan fingerprint density at radius 3 is 2.58 bits per heavy atom. The van der Waals surface area contributed by atoms with E-state index in [-0.39, 0.29) is 37.1 Å². The predicted molar refractivity (Wildman–Crippen MR) is 96.0 cm³/mol. The lowest BCUT2D eigenvalue weighted by Crippen LogP contribution is -2.40. The molecule has 0 atom stereocenters. The molecule has 2 N–H and O–H groups in total. The van der Waals surface area contributed by atoms with Crippen molar-refractivity contribution < 1.29 is 22.6 Å². The molecule has 24 heavy (non-hydrogen) atoms. The van der Waals surface area contributed by atoms with E-state index in [1.165, 1.54) is 12.3 Å². The van der Waals surface area contributed by atoms with Crippen molar-refractivity contribution in [2.45, 2.75) is 12.6 Å². The Morgan fingerprint density at radius 2 is 1.96 bits per heavy atom. The lowest BCUT2D eigenvalue weighted by Gasteiger charge is -2.14. The van der Waals surface area contributed by atoms with Gasteiger partial charge in [-0.15, -0.1) is 24.0 Å². The number of alkyl halides is 3. The molecule has 0 unspecified atom stereocenters. The van der Waals surface area contributed by atoms with Crippen LogP contribution in [0.5, 0.6) is 5.88 Å². The summed E-state index contributed by atoms with van der Waals surface area (Å²) in [6, 6.07) is 2.16. The fraction of sp³-hybridized carbons (Fsp3) is 0.571. The Labute approximate surface area is 156 Å². The molecule has 0 bridgehead atoms. The molecular formula is C14H22F3IN4O2. The number of hydrogen-bond acceptors (Lipinski definition) is 4. The standard InChI is InChI=1S/C14H21F3N4O2.HI/c1-18-13(20-7-4-9-22-2)21-8-10-23-12-11(14(15,16)17)5-3-6-19-12;/h3,5-6H,4,7-10H2,1-2H3,(H2,18,20,21);1H. The van der Waals surface area contributed by atoms with E-state index in [2.05, 4.69) is 20.6 Å². The molecule has 0 fully saturated rings. The molecule has 1 rings (SSSR count).